The molecule has 0 rings (SSSR count). The zero-order valence-corrected chi connectivity index (χ0v) is 39.1. The Morgan fingerprint density at radius 3 is 1.70 bits per heavy atom. The summed E-state index contributed by atoms with van der Waals surface area (Å²) in [6.45, 7) is 3.98. The van der Waals surface area contributed by atoms with Gasteiger partial charge in [0.2, 0.25) is 0 Å². The summed E-state index contributed by atoms with van der Waals surface area (Å²) in [4.78, 5) is 35.3. The third kappa shape index (κ3) is 44.2. The van der Waals surface area contributed by atoms with E-state index in [0.717, 1.165) is 57.8 Å². The van der Waals surface area contributed by atoms with E-state index in [1.807, 2.05) is 75.8 Å². The number of carbonyl (C=O) groups is 2. The number of carbonyl (C=O) groups excluding carboxylic acids is 2. The number of hydrogen-bond donors (Lipinski definition) is 2. The molecule has 2 N–H and O–H groups in total. The van der Waals surface area contributed by atoms with Crippen LogP contribution in [0.3, 0.4) is 0 Å². The Morgan fingerprint density at radius 2 is 1.15 bits per heavy atom. The summed E-state index contributed by atoms with van der Waals surface area (Å²) in [7, 11) is 1.35. The number of hydrogen-bond acceptors (Lipinski definition) is 8. The second-order valence-corrected chi connectivity index (χ2v) is 17.0. The maximum absolute atomic E-state index is 12.7. The normalized spacial score (nSPS) is 15.2. The Morgan fingerprint density at radius 1 is 0.607 bits per heavy atom. The molecule has 61 heavy (non-hydrogen) atoms. The number of aliphatic hydroxyl groups is 1. The molecule has 0 spiro atoms. The van der Waals surface area contributed by atoms with E-state index in [1.165, 1.54) is 19.3 Å². The predicted octanol–water partition coefficient (Wildman–Crippen LogP) is 11.9. The molecule has 10 nitrogen and oxygen atoms in total. The van der Waals surface area contributed by atoms with Crippen LogP contribution in [-0.2, 0) is 32.7 Å². The van der Waals surface area contributed by atoms with Gasteiger partial charge < -0.3 is 24.0 Å². The lowest BCUT2D eigenvalue weighted by Crippen LogP contribution is -2.37. The Hall–Kier alpha value is -3.63. The number of allylic oxidation sites excluding steroid dienone is 18. The molecule has 0 saturated carbocycles. The number of likely N-dealkylation sites (N-methyl/N-ethyl adjacent to an activating group) is 1. The fraction of sp³-hybridized carbons (Fsp3) is 0.560. The van der Waals surface area contributed by atoms with Gasteiger partial charge in [-0.1, -0.05) is 148 Å². The van der Waals surface area contributed by atoms with Gasteiger partial charge in [-0.3, -0.25) is 18.6 Å². The largest absolute Gasteiger partial charge is 0.472 e. The standard InChI is InChI=1S/C50H80NO9P/c1-6-8-10-11-12-13-14-15-16-17-18-21-24-27-30-33-37-41-49(53)57-45-48(46-59-61(55,56)58-44-43-51(3,4)5)60-50(54)42-38-34-31-28-25-22-19-20-23-26-29-32-36-40-47(52)39-35-9-7-2/h9,12-13,15-16,18,20-23,25,27,29-32,34-36,40,47-48,52H,6-8,10-11,14,17,19,24,26,28,33,37-39,41-46H2,1-5H3/p+1/b13-12-,16-15-,21-18-,23-20-,25-22-,30-27-,32-29+,34-31-,35-9-,40-36+/t47?,48-/m1/s1. The number of phosphoric acid groups is 1. The highest BCUT2D eigenvalue weighted by atomic mass is 31.2. The Bertz CT molecular complexity index is 1460. The molecule has 0 aromatic carbocycles. The van der Waals surface area contributed by atoms with Crippen molar-refractivity contribution in [3.8, 4) is 0 Å². The van der Waals surface area contributed by atoms with Crippen LogP contribution < -0.4 is 0 Å². The van der Waals surface area contributed by atoms with E-state index in [9.17, 15) is 24.2 Å². The third-order valence-electron chi connectivity index (χ3n) is 8.57. The van der Waals surface area contributed by atoms with Crippen LogP contribution in [0.25, 0.3) is 0 Å². The van der Waals surface area contributed by atoms with E-state index in [0.29, 0.717) is 30.3 Å². The van der Waals surface area contributed by atoms with Crippen molar-refractivity contribution in [1.29, 1.82) is 0 Å². The van der Waals surface area contributed by atoms with Crippen LogP contribution in [0.15, 0.2) is 122 Å². The molecular formula is C50H81NO9P+. The molecule has 0 aliphatic heterocycles. The van der Waals surface area contributed by atoms with E-state index in [-0.39, 0.29) is 26.1 Å². The Labute approximate surface area is 370 Å². The predicted molar refractivity (Wildman–Crippen MR) is 253 cm³/mol. The van der Waals surface area contributed by atoms with Crippen LogP contribution >= 0.6 is 7.82 Å². The van der Waals surface area contributed by atoms with E-state index in [1.54, 1.807) is 6.08 Å². The van der Waals surface area contributed by atoms with E-state index < -0.39 is 38.6 Å². The summed E-state index contributed by atoms with van der Waals surface area (Å²) in [5.41, 5.74) is 0. The van der Waals surface area contributed by atoms with Crippen molar-refractivity contribution < 1.29 is 47.2 Å². The minimum Gasteiger partial charge on any atom is -0.462 e. The van der Waals surface area contributed by atoms with Crippen molar-refractivity contribution in [1.82, 2.24) is 0 Å². The van der Waals surface area contributed by atoms with Gasteiger partial charge in [0.1, 0.15) is 19.8 Å². The Kier molecular flexibility index (Phi) is 38.0. The highest BCUT2D eigenvalue weighted by Gasteiger charge is 2.27. The van der Waals surface area contributed by atoms with Crippen molar-refractivity contribution in [2.75, 3.05) is 47.5 Å². The molecule has 11 heteroatoms. The molecule has 0 aliphatic rings. The fourth-order valence-corrected chi connectivity index (χ4v) is 5.80. The summed E-state index contributed by atoms with van der Waals surface area (Å²) in [5.74, 6) is -0.998. The van der Waals surface area contributed by atoms with Gasteiger partial charge in [-0.15, -0.1) is 0 Å². The van der Waals surface area contributed by atoms with Crippen LogP contribution in [0.5, 0.6) is 0 Å². The number of unbranched alkanes of at least 4 members (excludes halogenated alkanes) is 4. The molecule has 0 fully saturated rings. The van der Waals surface area contributed by atoms with Gasteiger partial charge in [0.15, 0.2) is 6.10 Å². The van der Waals surface area contributed by atoms with Crippen LogP contribution in [0.4, 0.5) is 0 Å². The van der Waals surface area contributed by atoms with E-state index in [4.69, 9.17) is 18.5 Å². The number of phosphoric ester groups is 1. The van der Waals surface area contributed by atoms with Crippen molar-refractivity contribution in [2.45, 2.75) is 135 Å². The molecule has 0 saturated heterocycles. The highest BCUT2D eigenvalue weighted by Crippen LogP contribution is 2.43. The van der Waals surface area contributed by atoms with Crippen LogP contribution in [0, 0.1) is 0 Å². The number of aliphatic hydroxyl groups excluding tert-OH is 1. The molecule has 0 heterocycles. The first kappa shape index (κ1) is 57.4. The van der Waals surface area contributed by atoms with Gasteiger partial charge in [0.05, 0.1) is 33.9 Å². The van der Waals surface area contributed by atoms with Crippen molar-refractivity contribution in [3.63, 3.8) is 0 Å². The van der Waals surface area contributed by atoms with Gasteiger partial charge in [0.25, 0.3) is 0 Å². The quantitative estimate of drug-likeness (QED) is 0.0156. The molecule has 0 aliphatic carbocycles. The lowest BCUT2D eigenvalue weighted by atomic mass is 10.2. The molecular weight excluding hydrogens is 790 g/mol. The molecule has 0 radical (unpaired) electrons. The monoisotopic (exact) mass is 871 g/mol. The average molecular weight is 871 g/mol. The number of nitrogens with zero attached hydrogens (tertiary/aromatic N) is 1. The van der Waals surface area contributed by atoms with Crippen molar-refractivity contribution >= 4 is 19.8 Å². The first-order valence-corrected chi connectivity index (χ1v) is 23.9. The van der Waals surface area contributed by atoms with Gasteiger partial charge in [-0.25, -0.2) is 4.57 Å². The second-order valence-electron chi connectivity index (χ2n) is 15.5. The summed E-state index contributed by atoms with van der Waals surface area (Å²) in [6.07, 6.45) is 53.2. The summed E-state index contributed by atoms with van der Waals surface area (Å²) in [5, 5.41) is 9.85. The molecule has 344 valence electrons. The lowest BCUT2D eigenvalue weighted by molar-refractivity contribution is -0.870. The zero-order chi connectivity index (χ0) is 45.1. The number of ether oxygens (including phenoxy) is 2. The zero-order valence-electron chi connectivity index (χ0n) is 38.2. The van der Waals surface area contributed by atoms with Gasteiger partial charge in [-0.2, -0.15) is 0 Å². The average Bonchev–Trinajstić information content (AvgIpc) is 3.21. The van der Waals surface area contributed by atoms with Gasteiger partial charge in [0, 0.05) is 12.8 Å². The summed E-state index contributed by atoms with van der Waals surface area (Å²) < 4.78 is 34.1. The van der Waals surface area contributed by atoms with E-state index >= 15 is 0 Å². The van der Waals surface area contributed by atoms with E-state index in [2.05, 4.69) is 74.6 Å². The first-order chi connectivity index (χ1) is 29.4. The number of esters is 2. The molecule has 2 unspecified atom stereocenters. The van der Waals surface area contributed by atoms with Crippen LogP contribution in [-0.4, -0.2) is 86.1 Å². The lowest BCUT2D eigenvalue weighted by Gasteiger charge is -2.24. The van der Waals surface area contributed by atoms with Gasteiger partial charge >= 0.3 is 19.8 Å². The minimum absolute atomic E-state index is 0.00498. The summed E-state index contributed by atoms with van der Waals surface area (Å²) >= 11 is 0. The number of rotatable bonds is 38. The SMILES string of the molecule is CC/C=C\CC(O)/C=C/C=C/C/C=C\C/C=C\C/C=C\CCC(=O)O[C@H](COC(=O)CCC/C=C\C/C=C\C/C=C\C/C=C\CCCCC)COP(=O)(O)OCC[N+](C)(C)C. The summed E-state index contributed by atoms with van der Waals surface area (Å²) in [6, 6.07) is 0. The van der Waals surface area contributed by atoms with Crippen molar-refractivity contribution in [2.24, 2.45) is 0 Å². The fourth-order valence-electron chi connectivity index (χ4n) is 5.06. The topological polar surface area (TPSA) is 129 Å². The number of quaternary nitrogens is 1. The maximum Gasteiger partial charge on any atom is 0.472 e. The van der Waals surface area contributed by atoms with Crippen LogP contribution in [0.1, 0.15) is 123 Å². The maximum atomic E-state index is 12.7. The molecule has 0 amide bonds. The first-order valence-electron chi connectivity index (χ1n) is 22.4. The Balaban J connectivity index is 4.64. The molecule has 0 bridgehead atoms. The van der Waals surface area contributed by atoms with Crippen LogP contribution in [0.2, 0.25) is 0 Å². The highest BCUT2D eigenvalue weighted by molar-refractivity contribution is 7.47. The third-order valence-corrected chi connectivity index (χ3v) is 9.55. The molecule has 0 aromatic rings. The van der Waals surface area contributed by atoms with Crippen molar-refractivity contribution in [3.05, 3.63) is 122 Å². The minimum atomic E-state index is -4.43. The molecule has 3 atom stereocenters. The smallest absolute Gasteiger partial charge is 0.462 e. The second kappa shape index (κ2) is 40.4. The van der Waals surface area contributed by atoms with Gasteiger partial charge in [-0.05, 0) is 83.5 Å². The molecule has 0 aromatic heterocycles.